The van der Waals surface area contributed by atoms with Crippen LogP contribution in [0.5, 0.6) is 0 Å². The zero-order valence-corrected chi connectivity index (χ0v) is 11.7. The SMILES string of the molecule is CN(C(=O)c1ccccc1I)C(C)(C)C. The number of benzene rings is 1. The summed E-state index contributed by atoms with van der Waals surface area (Å²) in [5, 5.41) is 0. The van der Waals surface area contributed by atoms with Crippen molar-refractivity contribution < 1.29 is 4.79 Å². The van der Waals surface area contributed by atoms with Crippen molar-refractivity contribution in [1.82, 2.24) is 4.90 Å². The maximum absolute atomic E-state index is 12.1. The summed E-state index contributed by atoms with van der Waals surface area (Å²) >= 11 is 2.19. The second kappa shape index (κ2) is 4.51. The summed E-state index contributed by atoms with van der Waals surface area (Å²) in [6.45, 7) is 6.09. The molecular formula is C12H16INO. The van der Waals surface area contributed by atoms with Crippen LogP contribution in [-0.4, -0.2) is 23.4 Å². The molecule has 1 aromatic rings. The van der Waals surface area contributed by atoms with Crippen LogP contribution in [0.1, 0.15) is 31.1 Å². The van der Waals surface area contributed by atoms with Gasteiger partial charge in [-0.05, 0) is 55.5 Å². The first kappa shape index (κ1) is 12.5. The van der Waals surface area contributed by atoms with E-state index >= 15 is 0 Å². The third-order valence-corrected chi connectivity index (χ3v) is 3.36. The van der Waals surface area contributed by atoms with E-state index in [4.69, 9.17) is 0 Å². The van der Waals surface area contributed by atoms with E-state index in [1.807, 2.05) is 52.1 Å². The van der Waals surface area contributed by atoms with Crippen molar-refractivity contribution in [2.24, 2.45) is 0 Å². The Balaban J connectivity index is 3.01. The van der Waals surface area contributed by atoms with Crippen molar-refractivity contribution in [3.8, 4) is 0 Å². The minimum absolute atomic E-state index is 0.0764. The maximum atomic E-state index is 12.1. The summed E-state index contributed by atoms with van der Waals surface area (Å²) in [7, 11) is 1.84. The summed E-state index contributed by atoms with van der Waals surface area (Å²) in [5.41, 5.74) is 0.631. The van der Waals surface area contributed by atoms with Gasteiger partial charge >= 0.3 is 0 Å². The first-order valence-electron chi connectivity index (χ1n) is 4.86. The molecule has 1 aromatic carbocycles. The van der Waals surface area contributed by atoms with Gasteiger partial charge in [0.15, 0.2) is 0 Å². The van der Waals surface area contributed by atoms with Gasteiger partial charge in [0.2, 0.25) is 0 Å². The Kier molecular flexibility index (Phi) is 3.76. The molecule has 0 bridgehead atoms. The highest BCUT2D eigenvalue weighted by Crippen LogP contribution is 2.18. The molecule has 0 saturated carbocycles. The number of carbonyl (C=O) groups is 1. The Labute approximate surface area is 105 Å². The zero-order valence-electron chi connectivity index (χ0n) is 9.54. The molecule has 0 fully saturated rings. The predicted octanol–water partition coefficient (Wildman–Crippen LogP) is 3.16. The van der Waals surface area contributed by atoms with Gasteiger partial charge in [0, 0.05) is 16.2 Å². The lowest BCUT2D eigenvalue weighted by Gasteiger charge is -2.32. The van der Waals surface area contributed by atoms with Gasteiger partial charge in [-0.2, -0.15) is 0 Å². The fourth-order valence-corrected chi connectivity index (χ4v) is 1.74. The Morgan fingerprint density at radius 3 is 2.27 bits per heavy atom. The van der Waals surface area contributed by atoms with Crippen LogP contribution in [0, 0.1) is 3.57 Å². The fourth-order valence-electron chi connectivity index (χ4n) is 1.12. The highest BCUT2D eigenvalue weighted by molar-refractivity contribution is 14.1. The predicted molar refractivity (Wildman–Crippen MR) is 71.0 cm³/mol. The number of amides is 1. The van der Waals surface area contributed by atoms with Crippen molar-refractivity contribution in [3.63, 3.8) is 0 Å². The van der Waals surface area contributed by atoms with Crippen molar-refractivity contribution in [2.45, 2.75) is 26.3 Å². The van der Waals surface area contributed by atoms with Crippen LogP contribution in [0.3, 0.4) is 0 Å². The van der Waals surface area contributed by atoms with Crippen LogP contribution < -0.4 is 0 Å². The molecule has 0 N–H and O–H groups in total. The number of carbonyl (C=O) groups excluding carboxylic acids is 1. The third-order valence-electron chi connectivity index (χ3n) is 2.42. The van der Waals surface area contributed by atoms with E-state index in [-0.39, 0.29) is 11.4 Å². The molecule has 0 atom stereocenters. The molecule has 0 aromatic heterocycles. The van der Waals surface area contributed by atoms with Gasteiger partial charge in [0.1, 0.15) is 0 Å². The molecular weight excluding hydrogens is 301 g/mol. The maximum Gasteiger partial charge on any atom is 0.255 e. The molecule has 15 heavy (non-hydrogen) atoms. The number of rotatable bonds is 1. The van der Waals surface area contributed by atoms with Crippen LogP contribution in [0.4, 0.5) is 0 Å². The van der Waals surface area contributed by atoms with E-state index in [0.717, 1.165) is 9.13 Å². The average Bonchev–Trinajstić information content (AvgIpc) is 2.15. The van der Waals surface area contributed by atoms with Crippen LogP contribution in [0.2, 0.25) is 0 Å². The topological polar surface area (TPSA) is 20.3 Å². The lowest BCUT2D eigenvalue weighted by Crippen LogP contribution is -2.42. The molecule has 0 aliphatic carbocycles. The van der Waals surface area contributed by atoms with Gasteiger partial charge in [0.25, 0.3) is 5.91 Å². The summed E-state index contributed by atoms with van der Waals surface area (Å²) < 4.78 is 0.996. The zero-order chi connectivity index (χ0) is 11.6. The molecule has 0 heterocycles. The van der Waals surface area contributed by atoms with Gasteiger partial charge in [-0.1, -0.05) is 12.1 Å². The molecule has 0 unspecified atom stereocenters. The second-order valence-corrected chi connectivity index (χ2v) is 5.68. The minimum atomic E-state index is -0.143. The molecule has 0 aliphatic heterocycles. The van der Waals surface area contributed by atoms with Gasteiger partial charge in [0.05, 0.1) is 5.56 Å². The van der Waals surface area contributed by atoms with E-state index in [1.165, 1.54) is 0 Å². The van der Waals surface area contributed by atoms with Crippen molar-refractivity contribution in [3.05, 3.63) is 33.4 Å². The molecule has 3 heteroatoms. The second-order valence-electron chi connectivity index (χ2n) is 4.51. The highest BCUT2D eigenvalue weighted by atomic mass is 127. The first-order chi connectivity index (χ1) is 6.84. The van der Waals surface area contributed by atoms with E-state index in [9.17, 15) is 4.79 Å². The fraction of sp³-hybridized carbons (Fsp3) is 0.417. The van der Waals surface area contributed by atoms with Crippen molar-refractivity contribution in [1.29, 1.82) is 0 Å². The van der Waals surface area contributed by atoms with Gasteiger partial charge in [-0.15, -0.1) is 0 Å². The van der Waals surface area contributed by atoms with E-state index in [2.05, 4.69) is 22.6 Å². The molecule has 2 nitrogen and oxygen atoms in total. The smallest absolute Gasteiger partial charge is 0.255 e. The number of hydrogen-bond donors (Lipinski definition) is 0. The minimum Gasteiger partial charge on any atom is -0.337 e. The molecule has 1 rings (SSSR count). The lowest BCUT2D eigenvalue weighted by molar-refractivity contribution is 0.0654. The van der Waals surface area contributed by atoms with E-state index in [1.54, 1.807) is 4.90 Å². The monoisotopic (exact) mass is 317 g/mol. The number of halogens is 1. The Morgan fingerprint density at radius 2 is 1.80 bits per heavy atom. The van der Waals surface area contributed by atoms with Crippen LogP contribution in [0.25, 0.3) is 0 Å². The summed E-state index contributed by atoms with van der Waals surface area (Å²) in [6.07, 6.45) is 0. The standard InChI is InChI=1S/C12H16INO/c1-12(2,3)14(4)11(15)9-7-5-6-8-10(9)13/h5-8H,1-4H3. The van der Waals surface area contributed by atoms with E-state index < -0.39 is 0 Å². The van der Waals surface area contributed by atoms with Gasteiger partial charge < -0.3 is 4.90 Å². The highest BCUT2D eigenvalue weighted by Gasteiger charge is 2.24. The summed E-state index contributed by atoms with van der Waals surface area (Å²) in [5.74, 6) is 0.0764. The number of nitrogens with zero attached hydrogens (tertiary/aromatic N) is 1. The quantitative estimate of drug-likeness (QED) is 0.729. The summed E-state index contributed by atoms with van der Waals surface area (Å²) in [4.78, 5) is 13.9. The molecule has 0 saturated heterocycles. The average molecular weight is 317 g/mol. The van der Waals surface area contributed by atoms with E-state index in [0.29, 0.717) is 0 Å². The van der Waals surface area contributed by atoms with Crippen molar-refractivity contribution in [2.75, 3.05) is 7.05 Å². The van der Waals surface area contributed by atoms with Gasteiger partial charge in [-0.25, -0.2) is 0 Å². The molecule has 1 amide bonds. The summed E-state index contributed by atoms with van der Waals surface area (Å²) in [6, 6.07) is 7.65. The molecule has 82 valence electrons. The Hall–Kier alpha value is -0.580. The normalized spacial score (nSPS) is 11.3. The Bertz CT molecular complexity index is 368. The molecule has 0 aliphatic rings. The molecule has 0 spiro atoms. The lowest BCUT2D eigenvalue weighted by atomic mass is 10.1. The molecule has 0 radical (unpaired) electrons. The third kappa shape index (κ3) is 2.93. The van der Waals surface area contributed by atoms with Crippen LogP contribution >= 0.6 is 22.6 Å². The first-order valence-corrected chi connectivity index (χ1v) is 5.94. The van der Waals surface area contributed by atoms with Crippen molar-refractivity contribution >= 4 is 28.5 Å². The van der Waals surface area contributed by atoms with Gasteiger partial charge in [-0.3, -0.25) is 4.79 Å². The largest absolute Gasteiger partial charge is 0.337 e. The Morgan fingerprint density at radius 1 is 1.27 bits per heavy atom. The number of hydrogen-bond acceptors (Lipinski definition) is 1. The van der Waals surface area contributed by atoms with Crippen LogP contribution in [-0.2, 0) is 0 Å². The van der Waals surface area contributed by atoms with Crippen LogP contribution in [0.15, 0.2) is 24.3 Å².